The van der Waals surface area contributed by atoms with Crippen molar-refractivity contribution in [3.05, 3.63) is 58.0 Å². The fraction of sp³-hybridized carbons (Fsp3) is 0.552. The first kappa shape index (κ1) is 30.8. The molecule has 39 heavy (non-hydrogen) atoms. The fourth-order valence-corrected chi connectivity index (χ4v) is 4.73. The summed E-state index contributed by atoms with van der Waals surface area (Å²) >= 11 is 5.98. The van der Waals surface area contributed by atoms with E-state index < -0.39 is 23.7 Å². The lowest BCUT2D eigenvalue weighted by atomic mass is 10.1. The number of carboxylic acids is 1. The third-order valence-corrected chi connectivity index (χ3v) is 6.89. The van der Waals surface area contributed by atoms with Gasteiger partial charge in [-0.15, -0.1) is 0 Å². The lowest BCUT2D eigenvalue weighted by Crippen LogP contribution is -2.44. The highest BCUT2D eigenvalue weighted by atomic mass is 35.5. The number of nitrogens with one attached hydrogen (secondary N) is 2. The van der Waals surface area contributed by atoms with Crippen molar-refractivity contribution in [1.29, 1.82) is 0 Å². The van der Waals surface area contributed by atoms with E-state index in [9.17, 15) is 19.1 Å². The van der Waals surface area contributed by atoms with E-state index in [0.717, 1.165) is 62.8 Å². The monoisotopic (exact) mass is 562 g/mol. The van der Waals surface area contributed by atoms with Crippen molar-refractivity contribution >= 4 is 29.3 Å². The molecule has 2 heterocycles. The van der Waals surface area contributed by atoms with Gasteiger partial charge in [0.25, 0.3) is 5.91 Å². The molecule has 0 bridgehead atoms. The van der Waals surface area contributed by atoms with Gasteiger partial charge in [-0.25, -0.2) is 14.2 Å². The van der Waals surface area contributed by atoms with Gasteiger partial charge in [0.15, 0.2) is 0 Å². The molecule has 2 aromatic rings. The Morgan fingerprint density at radius 2 is 2.00 bits per heavy atom. The number of carboxylic acid groups (broad SMARTS) is 1. The van der Waals surface area contributed by atoms with Gasteiger partial charge in [0.2, 0.25) is 0 Å². The normalized spacial score (nSPS) is 14.0. The van der Waals surface area contributed by atoms with Crippen LogP contribution in [0.25, 0.3) is 0 Å². The van der Waals surface area contributed by atoms with Crippen molar-refractivity contribution in [2.24, 2.45) is 0 Å². The van der Waals surface area contributed by atoms with E-state index >= 15 is 0 Å². The molecular formula is C29H40ClFN4O4. The van der Waals surface area contributed by atoms with Crippen molar-refractivity contribution in [1.82, 2.24) is 15.2 Å². The number of hydrogen-bond donors (Lipinski definition) is 3. The largest absolute Gasteiger partial charge is 0.480 e. The molecule has 8 nitrogen and oxygen atoms in total. The summed E-state index contributed by atoms with van der Waals surface area (Å²) in [5, 5.41) is 15.5. The summed E-state index contributed by atoms with van der Waals surface area (Å²) in [6, 6.07) is 6.97. The maximum Gasteiger partial charge on any atom is 0.326 e. The maximum atomic E-state index is 14.2. The number of pyridine rings is 1. The Hall–Kier alpha value is -2.75. The van der Waals surface area contributed by atoms with E-state index in [1.165, 1.54) is 17.7 Å². The second-order valence-corrected chi connectivity index (χ2v) is 11.3. The molecular weight excluding hydrogens is 523 g/mol. The lowest BCUT2D eigenvalue weighted by molar-refractivity contribution is -0.139. The van der Waals surface area contributed by atoms with E-state index in [0.29, 0.717) is 19.7 Å². The smallest absolute Gasteiger partial charge is 0.326 e. The van der Waals surface area contributed by atoms with Gasteiger partial charge in [-0.05, 0) is 89.6 Å². The number of aromatic nitrogens is 1. The minimum Gasteiger partial charge on any atom is -0.480 e. The van der Waals surface area contributed by atoms with E-state index in [4.69, 9.17) is 21.3 Å². The molecule has 10 heteroatoms. The Balaban J connectivity index is 1.55. The summed E-state index contributed by atoms with van der Waals surface area (Å²) in [5.74, 6) is -1.83. The fourth-order valence-electron chi connectivity index (χ4n) is 4.48. The number of carbonyl (C=O) groups excluding carboxylic acids is 1. The van der Waals surface area contributed by atoms with Crippen molar-refractivity contribution in [3.63, 3.8) is 0 Å². The summed E-state index contributed by atoms with van der Waals surface area (Å²) in [6.07, 6.45) is 5.04. The van der Waals surface area contributed by atoms with Crippen molar-refractivity contribution in [3.8, 4) is 0 Å². The molecule has 3 N–H and O–H groups in total. The number of nitrogens with zero attached hydrogens (tertiary/aromatic N) is 2. The van der Waals surface area contributed by atoms with E-state index in [1.807, 2.05) is 20.8 Å². The first-order valence-corrected chi connectivity index (χ1v) is 14.0. The molecule has 1 aliphatic rings. The van der Waals surface area contributed by atoms with Crippen LogP contribution in [-0.2, 0) is 22.4 Å². The van der Waals surface area contributed by atoms with E-state index in [-0.39, 0.29) is 22.6 Å². The third kappa shape index (κ3) is 10.1. The number of unbranched alkanes of at least 4 members (excludes halogenated alkanes) is 1. The Morgan fingerprint density at radius 3 is 2.72 bits per heavy atom. The molecule has 0 fully saturated rings. The minimum absolute atomic E-state index is 0.0678. The molecule has 1 aromatic heterocycles. The van der Waals surface area contributed by atoms with Crippen molar-refractivity contribution < 1.29 is 23.8 Å². The maximum absolute atomic E-state index is 14.2. The topological polar surface area (TPSA) is 104 Å². The standard InChI is InChI=1S/C29H40ClFN4O4/c1-29(2,3)39-19-18-35(16-5-4-9-21-13-12-20-8-7-15-32-26(20)33-21)17-14-24(28(37)38)34-27(36)25-22(30)10-6-11-23(25)31/h6,10-13,24H,4-5,7-9,14-19H2,1-3H3,(H,32,33)(H,34,36)(H,37,38). The molecule has 1 unspecified atom stereocenters. The number of fused-ring (bicyclic) bond motifs is 1. The molecule has 0 saturated heterocycles. The number of hydrogen-bond acceptors (Lipinski definition) is 6. The van der Waals surface area contributed by atoms with Crippen LogP contribution in [0.2, 0.25) is 5.02 Å². The second-order valence-electron chi connectivity index (χ2n) is 10.8. The molecule has 0 aliphatic carbocycles. The molecule has 1 amide bonds. The van der Waals surface area contributed by atoms with Crippen LogP contribution in [0, 0.1) is 5.82 Å². The van der Waals surface area contributed by atoms with Gasteiger partial charge in [-0.3, -0.25) is 4.79 Å². The van der Waals surface area contributed by atoms with E-state index in [1.54, 1.807) is 0 Å². The molecule has 1 aliphatic heterocycles. The number of ether oxygens (including phenoxy) is 1. The number of anilines is 1. The summed E-state index contributed by atoms with van der Waals surface area (Å²) in [6.45, 7) is 9.21. The van der Waals surface area contributed by atoms with Gasteiger partial charge < -0.3 is 25.4 Å². The number of amides is 1. The molecule has 1 atom stereocenters. The third-order valence-electron chi connectivity index (χ3n) is 6.58. The van der Waals surface area contributed by atoms with Crippen molar-refractivity contribution in [2.45, 2.75) is 70.9 Å². The zero-order chi connectivity index (χ0) is 28.4. The number of aryl methyl sites for hydroxylation is 2. The highest BCUT2D eigenvalue weighted by Gasteiger charge is 2.25. The Kier molecular flexibility index (Phi) is 11.5. The molecule has 3 rings (SSSR count). The Labute approximate surface area is 235 Å². The number of aliphatic carboxylic acids is 1. The number of carbonyl (C=O) groups is 2. The molecule has 0 spiro atoms. The first-order chi connectivity index (χ1) is 18.5. The summed E-state index contributed by atoms with van der Waals surface area (Å²) in [4.78, 5) is 31.4. The minimum atomic E-state index is -1.19. The SMILES string of the molecule is CC(C)(C)OCCN(CCCCc1ccc2c(n1)NCCC2)CCC(NC(=O)c1c(F)cccc1Cl)C(=O)O. The van der Waals surface area contributed by atoms with Crippen LogP contribution in [0.5, 0.6) is 0 Å². The number of benzene rings is 1. The van der Waals surface area contributed by atoms with Gasteiger partial charge in [-0.2, -0.15) is 0 Å². The first-order valence-electron chi connectivity index (χ1n) is 13.6. The summed E-state index contributed by atoms with van der Waals surface area (Å²) in [7, 11) is 0. The quantitative estimate of drug-likeness (QED) is 0.280. The van der Waals surface area contributed by atoms with Gasteiger partial charge >= 0.3 is 5.97 Å². The van der Waals surface area contributed by atoms with Crippen molar-refractivity contribution in [2.75, 3.05) is 38.1 Å². The average molecular weight is 563 g/mol. The average Bonchev–Trinajstić information content (AvgIpc) is 2.87. The molecule has 0 saturated carbocycles. The Bertz CT molecular complexity index is 1100. The lowest BCUT2D eigenvalue weighted by Gasteiger charge is -2.27. The van der Waals surface area contributed by atoms with Crippen LogP contribution in [0.15, 0.2) is 30.3 Å². The second kappa shape index (κ2) is 14.6. The zero-order valence-electron chi connectivity index (χ0n) is 23.1. The van der Waals surface area contributed by atoms with Crippen LogP contribution < -0.4 is 10.6 Å². The summed E-state index contributed by atoms with van der Waals surface area (Å²) < 4.78 is 20.0. The highest BCUT2D eigenvalue weighted by Crippen LogP contribution is 2.21. The van der Waals surface area contributed by atoms with Crippen LogP contribution in [0.1, 0.15) is 68.1 Å². The van der Waals surface area contributed by atoms with Crippen LogP contribution >= 0.6 is 11.6 Å². The van der Waals surface area contributed by atoms with Crippen LogP contribution in [-0.4, -0.2) is 71.3 Å². The van der Waals surface area contributed by atoms with Gasteiger partial charge in [0.05, 0.1) is 22.8 Å². The molecule has 1 aromatic carbocycles. The zero-order valence-corrected chi connectivity index (χ0v) is 23.8. The predicted molar refractivity (Wildman–Crippen MR) is 151 cm³/mol. The van der Waals surface area contributed by atoms with E-state index in [2.05, 4.69) is 27.7 Å². The van der Waals surface area contributed by atoms with Gasteiger partial charge in [0, 0.05) is 25.3 Å². The number of rotatable bonds is 14. The van der Waals surface area contributed by atoms with Gasteiger partial charge in [0.1, 0.15) is 17.7 Å². The van der Waals surface area contributed by atoms with Gasteiger partial charge in [-0.1, -0.05) is 23.7 Å². The van der Waals surface area contributed by atoms with Crippen LogP contribution in [0.3, 0.4) is 0 Å². The van der Waals surface area contributed by atoms with Crippen LogP contribution in [0.4, 0.5) is 10.2 Å². The highest BCUT2D eigenvalue weighted by molar-refractivity contribution is 6.33. The predicted octanol–water partition coefficient (Wildman–Crippen LogP) is 4.95. The molecule has 0 radical (unpaired) electrons. The molecule has 214 valence electrons. The Morgan fingerprint density at radius 1 is 1.21 bits per heavy atom. The summed E-state index contributed by atoms with van der Waals surface area (Å²) in [5.41, 5.74) is 1.69. The number of halogens is 2.